The summed E-state index contributed by atoms with van der Waals surface area (Å²) in [6, 6.07) is 6.32. The van der Waals surface area contributed by atoms with E-state index in [4.69, 9.17) is 28.9 Å². The Bertz CT molecular complexity index is 624. The highest BCUT2D eigenvalue weighted by molar-refractivity contribution is 6.35. The van der Waals surface area contributed by atoms with Gasteiger partial charge in [-0.25, -0.2) is 4.98 Å². The van der Waals surface area contributed by atoms with Crippen LogP contribution in [0.3, 0.4) is 0 Å². The van der Waals surface area contributed by atoms with Crippen molar-refractivity contribution in [3.05, 3.63) is 51.6 Å². The fourth-order valence-electron chi connectivity index (χ4n) is 1.51. The predicted molar refractivity (Wildman–Crippen MR) is 77.8 cm³/mol. The third-order valence-electron chi connectivity index (χ3n) is 2.52. The molecule has 1 heterocycles. The van der Waals surface area contributed by atoms with Gasteiger partial charge in [0.25, 0.3) is 5.91 Å². The molecule has 0 aliphatic rings. The zero-order valence-corrected chi connectivity index (χ0v) is 11.6. The second kappa shape index (κ2) is 5.47. The maximum Gasteiger partial charge on any atom is 0.256 e. The maximum absolute atomic E-state index is 12.0. The summed E-state index contributed by atoms with van der Waals surface area (Å²) >= 11 is 11.7. The van der Waals surface area contributed by atoms with Crippen molar-refractivity contribution < 1.29 is 4.79 Å². The Kier molecular flexibility index (Phi) is 3.93. The van der Waals surface area contributed by atoms with E-state index < -0.39 is 0 Å². The van der Waals surface area contributed by atoms with Crippen molar-refractivity contribution in [2.24, 2.45) is 0 Å². The number of carbonyl (C=O) groups excluding carboxylic acids is 1. The molecule has 1 aromatic carbocycles. The van der Waals surface area contributed by atoms with Gasteiger partial charge in [-0.05, 0) is 36.8 Å². The lowest BCUT2D eigenvalue weighted by molar-refractivity contribution is 0.102. The molecule has 0 aliphatic carbocycles. The van der Waals surface area contributed by atoms with Gasteiger partial charge in [-0.15, -0.1) is 0 Å². The Labute approximate surface area is 120 Å². The Morgan fingerprint density at radius 2 is 1.84 bits per heavy atom. The zero-order valence-electron chi connectivity index (χ0n) is 10.1. The van der Waals surface area contributed by atoms with Gasteiger partial charge in [0.15, 0.2) is 0 Å². The quantitative estimate of drug-likeness (QED) is 0.890. The number of carbonyl (C=O) groups is 1. The van der Waals surface area contributed by atoms with Crippen LogP contribution in [0, 0.1) is 6.92 Å². The van der Waals surface area contributed by atoms with Crippen molar-refractivity contribution in [1.29, 1.82) is 0 Å². The van der Waals surface area contributed by atoms with Gasteiger partial charge in [-0.2, -0.15) is 0 Å². The first-order valence-corrected chi connectivity index (χ1v) is 6.21. The Morgan fingerprint density at radius 1 is 1.21 bits per heavy atom. The number of amides is 1. The Morgan fingerprint density at radius 3 is 2.42 bits per heavy atom. The van der Waals surface area contributed by atoms with Crippen LogP contribution >= 0.6 is 23.2 Å². The first-order chi connectivity index (χ1) is 8.95. The second-order valence-corrected chi connectivity index (χ2v) is 4.91. The molecule has 1 aromatic heterocycles. The molecule has 1 amide bonds. The Hall–Kier alpha value is -1.78. The molecule has 6 heteroatoms. The summed E-state index contributed by atoms with van der Waals surface area (Å²) in [5.74, 6) is 0.0915. The molecule has 2 rings (SSSR count). The lowest BCUT2D eigenvalue weighted by Gasteiger charge is -2.07. The number of hydrogen-bond donors (Lipinski definition) is 2. The number of pyridine rings is 1. The topological polar surface area (TPSA) is 68.0 Å². The molecule has 0 saturated heterocycles. The Balaban J connectivity index is 2.22. The molecule has 0 spiro atoms. The van der Waals surface area contributed by atoms with Crippen molar-refractivity contribution in [2.45, 2.75) is 6.92 Å². The lowest BCUT2D eigenvalue weighted by Crippen LogP contribution is -2.13. The third-order valence-corrected chi connectivity index (χ3v) is 2.95. The van der Waals surface area contributed by atoms with Gasteiger partial charge in [0, 0.05) is 15.6 Å². The molecule has 0 fully saturated rings. The number of anilines is 2. The van der Waals surface area contributed by atoms with Crippen LogP contribution in [0.2, 0.25) is 10.0 Å². The SMILES string of the molecule is Cc1cc(NC(=O)c2cc(Cl)cc(Cl)c2)ncc1N. The molecule has 0 unspecified atom stereocenters. The van der Waals surface area contributed by atoms with E-state index in [1.807, 2.05) is 6.92 Å². The molecular formula is C13H11Cl2N3O. The maximum atomic E-state index is 12.0. The van der Waals surface area contributed by atoms with Crippen molar-refractivity contribution in [3.8, 4) is 0 Å². The summed E-state index contributed by atoms with van der Waals surface area (Å²) in [5, 5.41) is 3.46. The van der Waals surface area contributed by atoms with Crippen LogP contribution in [0.5, 0.6) is 0 Å². The molecule has 19 heavy (non-hydrogen) atoms. The van der Waals surface area contributed by atoms with Gasteiger partial charge >= 0.3 is 0 Å². The molecule has 0 saturated carbocycles. The monoisotopic (exact) mass is 295 g/mol. The average molecular weight is 296 g/mol. The van der Waals surface area contributed by atoms with Gasteiger partial charge in [0.05, 0.1) is 11.9 Å². The smallest absolute Gasteiger partial charge is 0.256 e. The van der Waals surface area contributed by atoms with Crippen LogP contribution in [0.1, 0.15) is 15.9 Å². The fraction of sp³-hybridized carbons (Fsp3) is 0.0769. The minimum absolute atomic E-state index is 0.332. The predicted octanol–water partition coefficient (Wildman–Crippen LogP) is 3.53. The van der Waals surface area contributed by atoms with Crippen LogP contribution in [0.15, 0.2) is 30.5 Å². The highest BCUT2D eigenvalue weighted by Crippen LogP contribution is 2.20. The molecule has 0 atom stereocenters. The van der Waals surface area contributed by atoms with Crippen molar-refractivity contribution in [1.82, 2.24) is 4.98 Å². The van der Waals surface area contributed by atoms with E-state index in [1.165, 1.54) is 18.3 Å². The minimum Gasteiger partial charge on any atom is -0.397 e. The number of aromatic nitrogens is 1. The fourth-order valence-corrected chi connectivity index (χ4v) is 2.03. The summed E-state index contributed by atoms with van der Waals surface area (Å²) in [6.07, 6.45) is 1.50. The van der Waals surface area contributed by atoms with E-state index in [0.29, 0.717) is 27.1 Å². The number of rotatable bonds is 2. The summed E-state index contributed by atoms with van der Waals surface area (Å²) < 4.78 is 0. The highest BCUT2D eigenvalue weighted by atomic mass is 35.5. The number of hydrogen-bond acceptors (Lipinski definition) is 3. The molecule has 4 nitrogen and oxygen atoms in total. The van der Waals surface area contributed by atoms with E-state index in [1.54, 1.807) is 12.1 Å². The number of nitrogens with one attached hydrogen (secondary N) is 1. The first-order valence-electron chi connectivity index (χ1n) is 5.45. The third kappa shape index (κ3) is 3.36. The number of aryl methyl sites for hydroxylation is 1. The second-order valence-electron chi connectivity index (χ2n) is 4.04. The number of nitrogens with zero attached hydrogens (tertiary/aromatic N) is 1. The van der Waals surface area contributed by atoms with Crippen LogP contribution in [-0.2, 0) is 0 Å². The zero-order chi connectivity index (χ0) is 14.0. The molecule has 0 bridgehead atoms. The molecule has 0 aliphatic heterocycles. The molecule has 98 valence electrons. The molecule has 3 N–H and O–H groups in total. The van der Waals surface area contributed by atoms with Gasteiger partial charge in [-0.1, -0.05) is 23.2 Å². The van der Waals surface area contributed by atoms with E-state index >= 15 is 0 Å². The summed E-state index contributed by atoms with van der Waals surface area (Å²) in [4.78, 5) is 16.0. The highest BCUT2D eigenvalue weighted by Gasteiger charge is 2.09. The van der Waals surface area contributed by atoms with E-state index in [-0.39, 0.29) is 5.91 Å². The number of halogens is 2. The van der Waals surface area contributed by atoms with Crippen LogP contribution in [0.25, 0.3) is 0 Å². The standard InChI is InChI=1S/C13H11Cl2N3O/c1-7-2-12(17-6-11(7)16)18-13(19)8-3-9(14)5-10(15)4-8/h2-6H,16H2,1H3,(H,17,18,19). The van der Waals surface area contributed by atoms with Crippen molar-refractivity contribution >= 4 is 40.6 Å². The summed E-state index contributed by atoms with van der Waals surface area (Å²) in [6.45, 7) is 1.84. The minimum atomic E-state index is -0.332. The molecular weight excluding hydrogens is 285 g/mol. The van der Waals surface area contributed by atoms with Crippen LogP contribution in [-0.4, -0.2) is 10.9 Å². The van der Waals surface area contributed by atoms with E-state index in [0.717, 1.165) is 5.56 Å². The van der Waals surface area contributed by atoms with Crippen LogP contribution < -0.4 is 11.1 Å². The van der Waals surface area contributed by atoms with Gasteiger partial charge in [0.2, 0.25) is 0 Å². The molecule has 2 aromatic rings. The van der Waals surface area contributed by atoms with Gasteiger partial charge < -0.3 is 11.1 Å². The number of nitrogen functional groups attached to an aromatic ring is 1. The van der Waals surface area contributed by atoms with Crippen molar-refractivity contribution in [3.63, 3.8) is 0 Å². The number of benzene rings is 1. The van der Waals surface area contributed by atoms with E-state index in [9.17, 15) is 4.79 Å². The number of nitrogens with two attached hydrogens (primary N) is 1. The average Bonchev–Trinajstić information content (AvgIpc) is 2.32. The summed E-state index contributed by atoms with van der Waals surface area (Å²) in [5.41, 5.74) is 7.44. The lowest BCUT2D eigenvalue weighted by atomic mass is 10.2. The normalized spacial score (nSPS) is 10.3. The van der Waals surface area contributed by atoms with Crippen molar-refractivity contribution in [2.75, 3.05) is 11.1 Å². The molecule has 0 radical (unpaired) electrons. The largest absolute Gasteiger partial charge is 0.397 e. The van der Waals surface area contributed by atoms with Gasteiger partial charge in [0.1, 0.15) is 5.82 Å². The van der Waals surface area contributed by atoms with Gasteiger partial charge in [-0.3, -0.25) is 4.79 Å². The van der Waals surface area contributed by atoms with Crippen LogP contribution in [0.4, 0.5) is 11.5 Å². The van der Waals surface area contributed by atoms with E-state index in [2.05, 4.69) is 10.3 Å². The summed E-state index contributed by atoms with van der Waals surface area (Å²) in [7, 11) is 0. The first kappa shape index (κ1) is 13.6.